The standard InChI is InChI=1S/C18H27N3O4S.ClH/c1-14-2-3-16(18(22)20-7-5-15-4-6-19-13-15)12-17(14)26(23,24)21-8-10-25-11-9-21;/h2-3,12,15,19H,4-11,13H2,1H3,(H,20,22);1H. The lowest BCUT2D eigenvalue weighted by atomic mass is 10.1. The van der Waals surface area contributed by atoms with Crippen LogP contribution in [0.1, 0.15) is 28.8 Å². The molecule has 1 aromatic rings. The molecule has 9 heteroatoms. The van der Waals surface area contributed by atoms with Crippen molar-refractivity contribution in [2.75, 3.05) is 45.9 Å². The Hall–Kier alpha value is -1.19. The fourth-order valence-corrected chi connectivity index (χ4v) is 5.06. The largest absolute Gasteiger partial charge is 0.379 e. The van der Waals surface area contributed by atoms with Crippen LogP contribution in [0, 0.1) is 12.8 Å². The van der Waals surface area contributed by atoms with Gasteiger partial charge in [0, 0.05) is 25.2 Å². The molecule has 152 valence electrons. The Morgan fingerprint density at radius 3 is 2.74 bits per heavy atom. The number of benzene rings is 1. The zero-order valence-electron chi connectivity index (χ0n) is 15.6. The van der Waals surface area contributed by atoms with Crippen molar-refractivity contribution in [2.24, 2.45) is 5.92 Å². The Bertz CT molecular complexity index is 745. The molecule has 7 nitrogen and oxygen atoms in total. The van der Waals surface area contributed by atoms with Gasteiger partial charge in [-0.15, -0.1) is 12.4 Å². The first-order valence-electron chi connectivity index (χ1n) is 9.16. The quantitative estimate of drug-likeness (QED) is 0.725. The van der Waals surface area contributed by atoms with E-state index in [0.29, 0.717) is 49.9 Å². The van der Waals surface area contributed by atoms with E-state index in [4.69, 9.17) is 4.74 Å². The van der Waals surface area contributed by atoms with Gasteiger partial charge in [0.25, 0.3) is 5.91 Å². The lowest BCUT2D eigenvalue weighted by molar-refractivity contribution is 0.0730. The fourth-order valence-electron chi connectivity index (χ4n) is 3.40. The van der Waals surface area contributed by atoms with Crippen molar-refractivity contribution in [3.8, 4) is 0 Å². The average Bonchev–Trinajstić information content (AvgIpc) is 3.16. The third-order valence-corrected chi connectivity index (χ3v) is 7.08. The minimum Gasteiger partial charge on any atom is -0.379 e. The van der Waals surface area contributed by atoms with Crippen molar-refractivity contribution in [3.05, 3.63) is 29.3 Å². The van der Waals surface area contributed by atoms with Gasteiger partial charge < -0.3 is 15.4 Å². The molecule has 0 bridgehead atoms. The molecule has 2 aliphatic heterocycles. The number of rotatable bonds is 6. The van der Waals surface area contributed by atoms with Gasteiger partial charge in [-0.05, 0) is 56.5 Å². The van der Waals surface area contributed by atoms with Gasteiger partial charge in [0.15, 0.2) is 0 Å². The van der Waals surface area contributed by atoms with Crippen LogP contribution in [0.5, 0.6) is 0 Å². The van der Waals surface area contributed by atoms with Gasteiger partial charge in [0.05, 0.1) is 18.1 Å². The third-order valence-electron chi connectivity index (χ3n) is 5.04. The molecular formula is C18H28ClN3O4S. The molecule has 0 saturated carbocycles. The fraction of sp³-hybridized carbons (Fsp3) is 0.611. The molecule has 1 unspecified atom stereocenters. The second-order valence-electron chi connectivity index (χ2n) is 6.90. The maximum absolute atomic E-state index is 12.9. The molecular weight excluding hydrogens is 390 g/mol. The number of morpholine rings is 1. The Balaban J connectivity index is 0.00000261. The van der Waals surface area contributed by atoms with Crippen LogP contribution in [-0.4, -0.2) is 64.6 Å². The SMILES string of the molecule is Cc1ccc(C(=O)NCCC2CCNC2)cc1S(=O)(=O)N1CCOCC1.Cl. The van der Waals surface area contributed by atoms with Crippen LogP contribution in [0.4, 0.5) is 0 Å². The molecule has 1 amide bonds. The van der Waals surface area contributed by atoms with Crippen LogP contribution in [0.3, 0.4) is 0 Å². The molecule has 0 radical (unpaired) electrons. The first-order chi connectivity index (χ1) is 12.5. The number of sulfonamides is 1. The summed E-state index contributed by atoms with van der Waals surface area (Å²) in [5.74, 6) is 0.375. The summed E-state index contributed by atoms with van der Waals surface area (Å²) >= 11 is 0. The Morgan fingerprint density at radius 1 is 1.33 bits per heavy atom. The van der Waals surface area contributed by atoms with Crippen molar-refractivity contribution in [3.63, 3.8) is 0 Å². The van der Waals surface area contributed by atoms with Gasteiger partial charge in [0.1, 0.15) is 0 Å². The summed E-state index contributed by atoms with van der Waals surface area (Å²) in [4.78, 5) is 12.6. The van der Waals surface area contributed by atoms with E-state index < -0.39 is 10.0 Å². The van der Waals surface area contributed by atoms with Crippen LogP contribution < -0.4 is 10.6 Å². The van der Waals surface area contributed by atoms with Crippen LogP contribution in [-0.2, 0) is 14.8 Å². The van der Waals surface area contributed by atoms with E-state index >= 15 is 0 Å². The highest BCUT2D eigenvalue weighted by atomic mass is 35.5. The number of halogens is 1. The van der Waals surface area contributed by atoms with E-state index in [1.165, 1.54) is 10.4 Å². The Kier molecular flexibility index (Phi) is 8.05. The third kappa shape index (κ3) is 5.42. The first-order valence-corrected chi connectivity index (χ1v) is 10.6. The lowest BCUT2D eigenvalue weighted by Gasteiger charge is -2.26. The molecule has 2 fully saturated rings. The second kappa shape index (κ2) is 9.84. The topological polar surface area (TPSA) is 87.7 Å². The Morgan fingerprint density at radius 2 is 2.07 bits per heavy atom. The summed E-state index contributed by atoms with van der Waals surface area (Å²) in [6, 6.07) is 4.87. The van der Waals surface area contributed by atoms with Crippen LogP contribution in [0.2, 0.25) is 0 Å². The van der Waals surface area contributed by atoms with E-state index in [9.17, 15) is 13.2 Å². The summed E-state index contributed by atoms with van der Waals surface area (Å²) in [6.45, 7) is 5.87. The number of carbonyl (C=O) groups excluding carboxylic acids is 1. The zero-order valence-corrected chi connectivity index (χ0v) is 17.2. The molecule has 2 N–H and O–H groups in total. The van der Waals surface area contributed by atoms with Crippen molar-refractivity contribution < 1.29 is 17.9 Å². The van der Waals surface area contributed by atoms with Gasteiger partial charge in [-0.25, -0.2) is 8.42 Å². The minimum atomic E-state index is -3.62. The van der Waals surface area contributed by atoms with E-state index in [-0.39, 0.29) is 23.2 Å². The Labute approximate surface area is 167 Å². The molecule has 0 aromatic heterocycles. The van der Waals surface area contributed by atoms with Gasteiger partial charge in [-0.1, -0.05) is 6.07 Å². The number of carbonyl (C=O) groups is 1. The van der Waals surface area contributed by atoms with Crippen LogP contribution >= 0.6 is 12.4 Å². The van der Waals surface area contributed by atoms with Gasteiger partial charge in [-0.3, -0.25) is 4.79 Å². The second-order valence-corrected chi connectivity index (χ2v) is 8.81. The minimum absolute atomic E-state index is 0. The van der Waals surface area contributed by atoms with E-state index in [1.807, 2.05) is 0 Å². The van der Waals surface area contributed by atoms with Gasteiger partial charge in [-0.2, -0.15) is 4.31 Å². The predicted molar refractivity (Wildman–Crippen MR) is 106 cm³/mol. The summed E-state index contributed by atoms with van der Waals surface area (Å²) in [5.41, 5.74) is 1.03. The number of nitrogens with one attached hydrogen (secondary N) is 2. The number of ether oxygens (including phenoxy) is 1. The van der Waals surface area contributed by atoms with Crippen LogP contribution in [0.15, 0.2) is 23.1 Å². The summed E-state index contributed by atoms with van der Waals surface area (Å²) in [5, 5.41) is 6.22. The maximum Gasteiger partial charge on any atom is 0.251 e. The predicted octanol–water partition coefficient (Wildman–Crippen LogP) is 1.17. The average molecular weight is 418 g/mol. The molecule has 3 rings (SSSR count). The summed E-state index contributed by atoms with van der Waals surface area (Å²) in [6.07, 6.45) is 2.08. The van der Waals surface area contributed by atoms with Crippen molar-refractivity contribution in [2.45, 2.75) is 24.7 Å². The van der Waals surface area contributed by atoms with Crippen molar-refractivity contribution >= 4 is 28.3 Å². The maximum atomic E-state index is 12.9. The molecule has 0 aliphatic carbocycles. The van der Waals surface area contributed by atoms with Gasteiger partial charge >= 0.3 is 0 Å². The smallest absolute Gasteiger partial charge is 0.251 e. The number of hydrogen-bond donors (Lipinski definition) is 2. The molecule has 1 atom stereocenters. The molecule has 2 aliphatic rings. The number of nitrogens with zero attached hydrogens (tertiary/aromatic N) is 1. The lowest BCUT2D eigenvalue weighted by Crippen LogP contribution is -2.41. The molecule has 2 heterocycles. The van der Waals surface area contributed by atoms with Crippen LogP contribution in [0.25, 0.3) is 0 Å². The number of amides is 1. The first kappa shape index (κ1) is 22.1. The van der Waals surface area contributed by atoms with Crippen molar-refractivity contribution in [1.29, 1.82) is 0 Å². The summed E-state index contributed by atoms with van der Waals surface area (Å²) < 4.78 is 32.5. The molecule has 2 saturated heterocycles. The van der Waals surface area contributed by atoms with Gasteiger partial charge in [0.2, 0.25) is 10.0 Å². The molecule has 0 spiro atoms. The van der Waals surface area contributed by atoms with E-state index in [0.717, 1.165) is 25.9 Å². The number of aryl methyl sites for hydroxylation is 1. The van der Waals surface area contributed by atoms with E-state index in [2.05, 4.69) is 10.6 Å². The monoisotopic (exact) mass is 417 g/mol. The normalized spacial score (nSPS) is 20.9. The zero-order chi connectivity index (χ0) is 18.6. The number of hydrogen-bond acceptors (Lipinski definition) is 5. The highest BCUT2D eigenvalue weighted by molar-refractivity contribution is 7.89. The molecule has 27 heavy (non-hydrogen) atoms. The molecule has 1 aromatic carbocycles. The summed E-state index contributed by atoms with van der Waals surface area (Å²) in [7, 11) is -3.62. The van der Waals surface area contributed by atoms with E-state index in [1.54, 1.807) is 19.1 Å². The highest BCUT2D eigenvalue weighted by Crippen LogP contribution is 2.22. The highest BCUT2D eigenvalue weighted by Gasteiger charge is 2.28. The van der Waals surface area contributed by atoms with Crippen molar-refractivity contribution in [1.82, 2.24) is 14.9 Å².